The topological polar surface area (TPSA) is 15.7 Å². The van der Waals surface area contributed by atoms with Gasteiger partial charge in [0.2, 0.25) is 0 Å². The van der Waals surface area contributed by atoms with Crippen molar-refractivity contribution >= 4 is 12.6 Å². The highest BCUT2D eigenvalue weighted by atomic mass is 32.1. The highest BCUT2D eigenvalue weighted by Gasteiger charge is 2.20. The van der Waals surface area contributed by atoms with E-state index >= 15 is 0 Å². The van der Waals surface area contributed by atoms with E-state index in [4.69, 9.17) is 4.74 Å². The van der Waals surface area contributed by atoms with Crippen LogP contribution in [-0.2, 0) is 4.74 Å². The van der Waals surface area contributed by atoms with E-state index < -0.39 is 0 Å². The number of likely N-dealkylation sites (N-methyl/N-ethyl adjacent to an activating group) is 1. The number of nitrogens with zero attached hydrogens (tertiary/aromatic N) is 2. The molecular weight excluding hydrogens is 196 g/mol. The third-order valence-electron chi connectivity index (χ3n) is 2.73. The van der Waals surface area contributed by atoms with Gasteiger partial charge >= 0.3 is 0 Å². The van der Waals surface area contributed by atoms with Gasteiger partial charge in [-0.15, -0.1) is 0 Å². The number of thiol groups is 1. The van der Waals surface area contributed by atoms with Gasteiger partial charge in [0.1, 0.15) is 0 Å². The summed E-state index contributed by atoms with van der Waals surface area (Å²) < 4.78 is 5.43. The molecule has 1 fully saturated rings. The lowest BCUT2D eigenvalue weighted by Gasteiger charge is -2.38. The average Bonchev–Trinajstić information content (AvgIpc) is 2.15. The predicted molar refractivity (Wildman–Crippen MR) is 63.2 cm³/mol. The molecule has 0 bridgehead atoms. The molecule has 1 aliphatic heterocycles. The lowest BCUT2D eigenvalue weighted by Crippen LogP contribution is -2.51. The molecule has 0 aliphatic carbocycles. The van der Waals surface area contributed by atoms with Crippen LogP contribution in [0.2, 0.25) is 0 Å². The molecule has 0 radical (unpaired) electrons. The van der Waals surface area contributed by atoms with Crippen LogP contribution >= 0.6 is 12.6 Å². The minimum Gasteiger partial charge on any atom is -0.379 e. The largest absolute Gasteiger partial charge is 0.379 e. The predicted octanol–water partition coefficient (Wildman–Crippen LogP) is 0.569. The van der Waals surface area contributed by atoms with Crippen LogP contribution in [0.15, 0.2) is 0 Å². The second-order valence-corrected chi connectivity index (χ2v) is 4.43. The fourth-order valence-corrected chi connectivity index (χ4v) is 1.99. The van der Waals surface area contributed by atoms with Crippen molar-refractivity contribution in [2.45, 2.75) is 13.0 Å². The van der Waals surface area contributed by atoms with Crippen molar-refractivity contribution in [3.05, 3.63) is 0 Å². The Bertz CT molecular complexity index is 157. The van der Waals surface area contributed by atoms with Crippen molar-refractivity contribution in [2.24, 2.45) is 0 Å². The van der Waals surface area contributed by atoms with Gasteiger partial charge in [-0.3, -0.25) is 4.90 Å². The molecule has 1 heterocycles. The summed E-state index contributed by atoms with van der Waals surface area (Å²) in [5.41, 5.74) is 0. The van der Waals surface area contributed by atoms with Gasteiger partial charge in [0, 0.05) is 38.0 Å². The quantitative estimate of drug-likeness (QED) is 0.537. The molecule has 1 unspecified atom stereocenters. The third-order valence-corrected chi connectivity index (χ3v) is 2.91. The Balaban J connectivity index is 2.11. The Morgan fingerprint density at radius 3 is 2.79 bits per heavy atom. The summed E-state index contributed by atoms with van der Waals surface area (Å²) in [4.78, 5) is 4.88. The van der Waals surface area contributed by atoms with Crippen LogP contribution in [0.5, 0.6) is 0 Å². The first-order chi connectivity index (χ1) is 6.74. The van der Waals surface area contributed by atoms with E-state index in [9.17, 15) is 0 Å². The summed E-state index contributed by atoms with van der Waals surface area (Å²) in [5, 5.41) is 0. The molecule has 84 valence electrons. The molecule has 0 aromatic heterocycles. The molecule has 1 saturated heterocycles. The number of hydrogen-bond acceptors (Lipinski definition) is 4. The highest BCUT2D eigenvalue weighted by Crippen LogP contribution is 2.06. The van der Waals surface area contributed by atoms with Crippen LogP contribution in [0.1, 0.15) is 6.92 Å². The Kier molecular flexibility index (Phi) is 5.86. The Morgan fingerprint density at radius 1 is 1.36 bits per heavy atom. The first-order valence-electron chi connectivity index (χ1n) is 5.35. The lowest BCUT2D eigenvalue weighted by molar-refractivity contribution is 0.0589. The lowest BCUT2D eigenvalue weighted by atomic mass is 10.2. The van der Waals surface area contributed by atoms with E-state index in [2.05, 4.69) is 36.4 Å². The summed E-state index contributed by atoms with van der Waals surface area (Å²) in [6.45, 7) is 8.47. The van der Waals surface area contributed by atoms with E-state index in [-0.39, 0.29) is 0 Å². The molecule has 4 heteroatoms. The Hall–Kier alpha value is 0.230. The third kappa shape index (κ3) is 4.17. The van der Waals surface area contributed by atoms with E-state index in [1.165, 1.54) is 19.6 Å². The summed E-state index contributed by atoms with van der Waals surface area (Å²) in [6, 6.07) is 0.661. The Morgan fingerprint density at radius 2 is 2.14 bits per heavy atom. The van der Waals surface area contributed by atoms with Crippen LogP contribution in [-0.4, -0.2) is 68.0 Å². The molecule has 0 aromatic carbocycles. The van der Waals surface area contributed by atoms with Crippen LogP contribution in [0.4, 0.5) is 0 Å². The maximum Gasteiger partial charge on any atom is 0.0593 e. The second-order valence-electron chi connectivity index (χ2n) is 3.98. The average molecular weight is 218 g/mol. The minimum atomic E-state index is 0.661. The molecule has 0 spiro atoms. The molecule has 1 atom stereocenters. The van der Waals surface area contributed by atoms with Crippen LogP contribution in [0.25, 0.3) is 0 Å². The number of piperazine rings is 1. The molecule has 0 aromatic rings. The fourth-order valence-electron chi connectivity index (χ4n) is 1.86. The molecule has 0 amide bonds. The molecule has 1 aliphatic rings. The van der Waals surface area contributed by atoms with E-state index in [0.29, 0.717) is 6.04 Å². The minimum absolute atomic E-state index is 0.661. The van der Waals surface area contributed by atoms with E-state index in [0.717, 1.165) is 25.5 Å². The Labute approximate surface area is 92.8 Å². The molecule has 0 N–H and O–H groups in total. The van der Waals surface area contributed by atoms with Crippen LogP contribution in [0, 0.1) is 0 Å². The molecule has 0 saturated carbocycles. The molecular formula is C10H22N2OS. The van der Waals surface area contributed by atoms with Gasteiger partial charge in [0.05, 0.1) is 13.2 Å². The first kappa shape index (κ1) is 12.3. The summed E-state index contributed by atoms with van der Waals surface area (Å²) >= 11 is 4.10. The molecule has 3 nitrogen and oxygen atoms in total. The van der Waals surface area contributed by atoms with E-state index in [1.54, 1.807) is 0 Å². The van der Waals surface area contributed by atoms with Crippen molar-refractivity contribution < 1.29 is 4.74 Å². The van der Waals surface area contributed by atoms with Gasteiger partial charge in [0.15, 0.2) is 0 Å². The molecule has 14 heavy (non-hydrogen) atoms. The van der Waals surface area contributed by atoms with Gasteiger partial charge in [-0.2, -0.15) is 12.6 Å². The summed E-state index contributed by atoms with van der Waals surface area (Å²) in [6.07, 6.45) is 0. The molecule has 1 rings (SSSR count). The smallest absolute Gasteiger partial charge is 0.0593 e. The second kappa shape index (κ2) is 6.67. The van der Waals surface area contributed by atoms with Crippen LogP contribution < -0.4 is 0 Å². The van der Waals surface area contributed by atoms with Gasteiger partial charge in [-0.05, 0) is 14.0 Å². The SMILES string of the molecule is CC1CN(C)CCN1CCOCCS. The summed E-state index contributed by atoms with van der Waals surface area (Å²) in [7, 11) is 2.19. The van der Waals surface area contributed by atoms with Crippen molar-refractivity contribution in [3.63, 3.8) is 0 Å². The maximum absolute atomic E-state index is 5.43. The van der Waals surface area contributed by atoms with Crippen molar-refractivity contribution in [2.75, 3.05) is 52.2 Å². The van der Waals surface area contributed by atoms with Gasteiger partial charge in [-0.1, -0.05) is 0 Å². The van der Waals surface area contributed by atoms with Crippen molar-refractivity contribution in [3.8, 4) is 0 Å². The summed E-state index contributed by atoms with van der Waals surface area (Å²) in [5.74, 6) is 0.818. The standard InChI is InChI=1S/C10H22N2OS/c1-10-9-11(2)3-4-12(10)5-6-13-7-8-14/h10,14H,3-9H2,1-2H3. The van der Waals surface area contributed by atoms with Crippen LogP contribution in [0.3, 0.4) is 0 Å². The maximum atomic E-state index is 5.43. The van der Waals surface area contributed by atoms with Crippen molar-refractivity contribution in [1.82, 2.24) is 9.80 Å². The first-order valence-corrected chi connectivity index (χ1v) is 5.98. The number of hydrogen-bond donors (Lipinski definition) is 1. The van der Waals surface area contributed by atoms with E-state index in [1.807, 2.05) is 0 Å². The normalized spacial score (nSPS) is 25.5. The van der Waals surface area contributed by atoms with Gasteiger partial charge in [-0.25, -0.2) is 0 Å². The zero-order chi connectivity index (χ0) is 10.4. The zero-order valence-electron chi connectivity index (χ0n) is 9.28. The van der Waals surface area contributed by atoms with Crippen molar-refractivity contribution in [1.29, 1.82) is 0 Å². The van der Waals surface area contributed by atoms with Gasteiger partial charge < -0.3 is 9.64 Å². The number of rotatable bonds is 5. The highest BCUT2D eigenvalue weighted by molar-refractivity contribution is 7.80. The van der Waals surface area contributed by atoms with Gasteiger partial charge in [0.25, 0.3) is 0 Å². The monoisotopic (exact) mass is 218 g/mol. The number of ether oxygens (including phenoxy) is 1. The zero-order valence-corrected chi connectivity index (χ0v) is 10.2. The fraction of sp³-hybridized carbons (Fsp3) is 1.00.